The number of alkyl carbamates (subject to hydrolysis) is 1. The summed E-state index contributed by atoms with van der Waals surface area (Å²) < 4.78 is 5.47. The fraction of sp³-hybridized carbons (Fsp3) is 0.364. The SMILES string of the molecule is CC[C@H](C)C(C)(NC(=O)OCC1c2ccccc2-c2ccccc21)C(=O)O. The minimum absolute atomic E-state index is 0.0529. The molecule has 0 fully saturated rings. The number of carboxylic acids is 1. The molecule has 5 nitrogen and oxygen atoms in total. The molecule has 142 valence electrons. The van der Waals surface area contributed by atoms with Gasteiger partial charge in [0.05, 0.1) is 0 Å². The normalized spacial score (nSPS) is 16.0. The molecule has 2 atom stereocenters. The maximum Gasteiger partial charge on any atom is 0.408 e. The fourth-order valence-electron chi connectivity index (χ4n) is 3.64. The standard InChI is InChI=1S/C22H25NO4/c1-4-14(2)22(3,20(24)25)23-21(26)27-13-19-17-11-7-5-9-15(17)16-10-6-8-12-18(16)19/h5-12,14,19H,4,13H2,1-3H3,(H,23,26)(H,24,25)/t14-,22?/m0/s1. The summed E-state index contributed by atoms with van der Waals surface area (Å²) in [6, 6.07) is 16.2. The van der Waals surface area contributed by atoms with Gasteiger partial charge in [0.2, 0.25) is 0 Å². The number of fused-ring (bicyclic) bond motifs is 3. The van der Waals surface area contributed by atoms with Gasteiger partial charge < -0.3 is 15.2 Å². The average Bonchev–Trinajstić information content (AvgIpc) is 2.99. The van der Waals surface area contributed by atoms with Crippen molar-refractivity contribution in [3.63, 3.8) is 0 Å². The lowest BCUT2D eigenvalue weighted by molar-refractivity contribution is -0.146. The van der Waals surface area contributed by atoms with Crippen molar-refractivity contribution in [1.29, 1.82) is 0 Å². The summed E-state index contributed by atoms with van der Waals surface area (Å²) >= 11 is 0. The van der Waals surface area contributed by atoms with Gasteiger partial charge in [0, 0.05) is 5.92 Å². The number of carboxylic acid groups (broad SMARTS) is 1. The second-order valence-corrected chi connectivity index (χ2v) is 7.27. The third-order valence-electron chi connectivity index (χ3n) is 5.75. The molecule has 0 saturated heterocycles. The fourth-order valence-corrected chi connectivity index (χ4v) is 3.64. The van der Waals surface area contributed by atoms with Gasteiger partial charge in [-0.2, -0.15) is 0 Å². The van der Waals surface area contributed by atoms with Crippen LogP contribution in [-0.2, 0) is 9.53 Å². The third-order valence-corrected chi connectivity index (χ3v) is 5.75. The number of aliphatic carboxylic acids is 1. The first kappa shape index (κ1) is 19.0. The molecule has 2 aromatic carbocycles. The zero-order valence-corrected chi connectivity index (χ0v) is 15.9. The van der Waals surface area contributed by atoms with E-state index in [9.17, 15) is 14.7 Å². The minimum atomic E-state index is -1.36. The molecule has 0 saturated carbocycles. The van der Waals surface area contributed by atoms with Crippen LogP contribution in [0.4, 0.5) is 4.79 Å². The Morgan fingerprint density at radius 2 is 1.63 bits per heavy atom. The van der Waals surface area contributed by atoms with Crippen LogP contribution in [0.25, 0.3) is 11.1 Å². The predicted molar refractivity (Wildman–Crippen MR) is 104 cm³/mol. The lowest BCUT2D eigenvalue weighted by Gasteiger charge is -2.31. The number of rotatable bonds is 6. The van der Waals surface area contributed by atoms with E-state index in [0.717, 1.165) is 22.3 Å². The maximum atomic E-state index is 12.4. The maximum absolute atomic E-state index is 12.4. The minimum Gasteiger partial charge on any atom is -0.480 e. The molecule has 0 bridgehead atoms. The summed E-state index contributed by atoms with van der Waals surface area (Å²) in [6.07, 6.45) is -0.0750. The molecule has 0 aliphatic heterocycles. The van der Waals surface area contributed by atoms with Crippen LogP contribution in [0.5, 0.6) is 0 Å². The van der Waals surface area contributed by atoms with Gasteiger partial charge in [-0.05, 0) is 35.1 Å². The van der Waals surface area contributed by atoms with Gasteiger partial charge in [-0.3, -0.25) is 0 Å². The highest BCUT2D eigenvalue weighted by molar-refractivity contribution is 5.84. The van der Waals surface area contributed by atoms with Crippen LogP contribution in [0.3, 0.4) is 0 Å². The number of hydrogen-bond donors (Lipinski definition) is 2. The van der Waals surface area contributed by atoms with Gasteiger partial charge in [0.25, 0.3) is 0 Å². The van der Waals surface area contributed by atoms with Crippen molar-refractivity contribution in [2.75, 3.05) is 6.61 Å². The molecule has 1 unspecified atom stereocenters. The van der Waals surface area contributed by atoms with E-state index in [1.54, 1.807) is 6.92 Å². The lowest BCUT2D eigenvalue weighted by atomic mass is 9.85. The Kier molecular flexibility index (Phi) is 5.22. The van der Waals surface area contributed by atoms with E-state index in [2.05, 4.69) is 17.4 Å². The molecule has 1 aliphatic carbocycles. The van der Waals surface area contributed by atoms with Crippen LogP contribution in [0, 0.1) is 5.92 Å². The number of hydrogen-bond acceptors (Lipinski definition) is 3. The topological polar surface area (TPSA) is 75.6 Å². The Morgan fingerprint density at radius 1 is 1.11 bits per heavy atom. The van der Waals surface area contributed by atoms with Crippen molar-refractivity contribution >= 4 is 12.1 Å². The number of benzene rings is 2. The zero-order chi connectivity index (χ0) is 19.6. The quantitative estimate of drug-likeness (QED) is 0.793. The smallest absolute Gasteiger partial charge is 0.408 e. The first-order chi connectivity index (χ1) is 12.9. The van der Waals surface area contributed by atoms with Crippen LogP contribution < -0.4 is 5.32 Å². The lowest BCUT2D eigenvalue weighted by Crippen LogP contribution is -2.56. The van der Waals surface area contributed by atoms with E-state index in [-0.39, 0.29) is 18.4 Å². The molecule has 27 heavy (non-hydrogen) atoms. The molecular weight excluding hydrogens is 342 g/mol. The van der Waals surface area contributed by atoms with E-state index < -0.39 is 17.6 Å². The van der Waals surface area contributed by atoms with Gasteiger partial charge in [0.15, 0.2) is 0 Å². The zero-order valence-electron chi connectivity index (χ0n) is 15.9. The average molecular weight is 367 g/mol. The monoisotopic (exact) mass is 367 g/mol. The summed E-state index contributed by atoms with van der Waals surface area (Å²) in [5.74, 6) is -1.34. The number of carbonyl (C=O) groups excluding carboxylic acids is 1. The van der Waals surface area contributed by atoms with E-state index in [1.165, 1.54) is 6.92 Å². The highest BCUT2D eigenvalue weighted by atomic mass is 16.5. The molecule has 3 rings (SSSR count). The molecule has 1 amide bonds. The van der Waals surface area contributed by atoms with Gasteiger partial charge >= 0.3 is 12.1 Å². The van der Waals surface area contributed by atoms with Crippen molar-refractivity contribution in [2.24, 2.45) is 5.92 Å². The summed E-state index contributed by atoms with van der Waals surface area (Å²) in [6.45, 7) is 5.38. The van der Waals surface area contributed by atoms with Crippen molar-refractivity contribution in [3.05, 3.63) is 59.7 Å². The Bertz CT molecular complexity index is 817. The van der Waals surface area contributed by atoms with Crippen LogP contribution in [0.1, 0.15) is 44.2 Å². The van der Waals surface area contributed by atoms with Gasteiger partial charge in [0.1, 0.15) is 12.1 Å². The third kappa shape index (κ3) is 3.42. The van der Waals surface area contributed by atoms with Crippen LogP contribution >= 0.6 is 0 Å². The molecule has 2 aromatic rings. The summed E-state index contributed by atoms with van der Waals surface area (Å²) in [7, 11) is 0. The highest BCUT2D eigenvalue weighted by Gasteiger charge is 2.40. The predicted octanol–water partition coefficient (Wildman–Crippen LogP) is 4.41. The van der Waals surface area contributed by atoms with Gasteiger partial charge in [-0.15, -0.1) is 0 Å². The van der Waals surface area contributed by atoms with Crippen LogP contribution in [-0.4, -0.2) is 29.3 Å². The van der Waals surface area contributed by atoms with Crippen molar-refractivity contribution < 1.29 is 19.4 Å². The van der Waals surface area contributed by atoms with Crippen molar-refractivity contribution in [3.8, 4) is 11.1 Å². The summed E-state index contributed by atoms with van der Waals surface area (Å²) in [5.41, 5.74) is 3.18. The first-order valence-corrected chi connectivity index (χ1v) is 9.25. The van der Waals surface area contributed by atoms with E-state index >= 15 is 0 Å². The van der Waals surface area contributed by atoms with E-state index in [1.807, 2.05) is 43.3 Å². The van der Waals surface area contributed by atoms with Crippen molar-refractivity contribution in [1.82, 2.24) is 5.32 Å². The summed E-state index contributed by atoms with van der Waals surface area (Å²) in [4.78, 5) is 24.0. The largest absolute Gasteiger partial charge is 0.480 e. The molecule has 5 heteroatoms. The molecule has 0 radical (unpaired) electrons. The Morgan fingerprint density at radius 3 is 2.11 bits per heavy atom. The first-order valence-electron chi connectivity index (χ1n) is 9.25. The van der Waals surface area contributed by atoms with E-state index in [0.29, 0.717) is 6.42 Å². The van der Waals surface area contributed by atoms with E-state index in [4.69, 9.17) is 4.74 Å². The molecule has 0 aromatic heterocycles. The molecule has 0 heterocycles. The molecule has 0 spiro atoms. The van der Waals surface area contributed by atoms with Gasteiger partial charge in [-0.1, -0.05) is 68.8 Å². The number of nitrogens with one attached hydrogen (secondary N) is 1. The molecular formula is C22H25NO4. The second kappa shape index (κ2) is 7.43. The Labute approximate surface area is 159 Å². The number of carbonyl (C=O) groups is 2. The second-order valence-electron chi connectivity index (χ2n) is 7.27. The van der Waals surface area contributed by atoms with Crippen LogP contribution in [0.2, 0.25) is 0 Å². The van der Waals surface area contributed by atoms with Crippen LogP contribution in [0.15, 0.2) is 48.5 Å². The number of ether oxygens (including phenoxy) is 1. The Balaban J connectivity index is 1.75. The van der Waals surface area contributed by atoms with Gasteiger partial charge in [-0.25, -0.2) is 9.59 Å². The number of amides is 1. The van der Waals surface area contributed by atoms with Crippen molar-refractivity contribution in [2.45, 2.75) is 38.6 Å². The molecule has 1 aliphatic rings. The summed E-state index contributed by atoms with van der Waals surface area (Å²) in [5, 5.41) is 12.1. The molecule has 2 N–H and O–H groups in total. The Hall–Kier alpha value is -2.82. The highest BCUT2D eigenvalue weighted by Crippen LogP contribution is 2.44.